The van der Waals surface area contributed by atoms with Gasteiger partial charge in [-0.1, -0.05) is 70.8 Å². The zero-order chi connectivity index (χ0) is 23.9. The minimum atomic E-state index is -0.224. The molecule has 2 atom stereocenters. The van der Waals surface area contributed by atoms with Crippen molar-refractivity contribution in [3.63, 3.8) is 0 Å². The van der Waals surface area contributed by atoms with Crippen LogP contribution in [0.1, 0.15) is 110 Å². The van der Waals surface area contributed by atoms with Gasteiger partial charge in [0.05, 0.1) is 6.42 Å². The number of ether oxygens (including phenoxy) is 1. The van der Waals surface area contributed by atoms with Crippen LogP contribution in [0.15, 0.2) is 35.9 Å². The van der Waals surface area contributed by atoms with Crippen LogP contribution >= 0.6 is 0 Å². The maximum absolute atomic E-state index is 13.0. The first-order chi connectivity index (χ1) is 15.1. The average molecular weight is 441 g/mol. The Morgan fingerprint density at radius 1 is 1.22 bits per heavy atom. The van der Waals surface area contributed by atoms with E-state index in [1.807, 2.05) is 12.1 Å². The zero-order valence-electron chi connectivity index (χ0n) is 21.2. The highest BCUT2D eigenvalue weighted by Crippen LogP contribution is 2.47. The molecule has 0 unspecified atom stereocenters. The first-order valence-corrected chi connectivity index (χ1v) is 12.5. The molecule has 2 rings (SSSR count). The van der Waals surface area contributed by atoms with Gasteiger partial charge in [-0.2, -0.15) is 0 Å². The van der Waals surface area contributed by atoms with Gasteiger partial charge in [0.2, 0.25) is 0 Å². The maximum Gasteiger partial charge on any atom is 0.311 e. The van der Waals surface area contributed by atoms with Crippen molar-refractivity contribution < 1.29 is 14.6 Å². The van der Waals surface area contributed by atoms with Crippen LogP contribution in [-0.2, 0) is 11.2 Å². The van der Waals surface area contributed by atoms with E-state index in [0.717, 1.165) is 68.1 Å². The van der Waals surface area contributed by atoms with E-state index >= 15 is 0 Å². The van der Waals surface area contributed by atoms with Crippen LogP contribution in [0.25, 0.3) is 0 Å². The van der Waals surface area contributed by atoms with Crippen LogP contribution in [0.5, 0.6) is 11.5 Å². The fraction of sp³-hybridized carbons (Fsp3) is 0.621. The first-order valence-electron chi connectivity index (χ1n) is 12.5. The molecule has 0 aromatic heterocycles. The molecule has 0 bridgehead atoms. The molecule has 0 aliphatic heterocycles. The van der Waals surface area contributed by atoms with E-state index in [9.17, 15) is 9.90 Å². The van der Waals surface area contributed by atoms with Crippen molar-refractivity contribution in [2.75, 3.05) is 0 Å². The third kappa shape index (κ3) is 7.25. The van der Waals surface area contributed by atoms with Gasteiger partial charge in [0, 0.05) is 11.5 Å². The number of hydrogen-bond acceptors (Lipinski definition) is 3. The van der Waals surface area contributed by atoms with Gasteiger partial charge in [-0.3, -0.25) is 4.79 Å². The fourth-order valence-corrected chi connectivity index (χ4v) is 5.03. The topological polar surface area (TPSA) is 46.5 Å². The molecular formula is C29H44O3. The number of aryl methyl sites for hydroxylation is 1. The number of aromatic hydroxyl groups is 1. The predicted molar refractivity (Wildman–Crippen MR) is 134 cm³/mol. The van der Waals surface area contributed by atoms with Crippen molar-refractivity contribution >= 4 is 5.97 Å². The second kappa shape index (κ2) is 11.7. The highest BCUT2D eigenvalue weighted by atomic mass is 16.5. The summed E-state index contributed by atoms with van der Waals surface area (Å²) in [5.74, 6) is 0.730. The fourth-order valence-electron chi connectivity index (χ4n) is 5.03. The summed E-state index contributed by atoms with van der Waals surface area (Å²) in [6.45, 7) is 17.0. The molecule has 0 saturated carbocycles. The van der Waals surface area contributed by atoms with Gasteiger partial charge in [0.15, 0.2) is 0 Å². The smallest absolute Gasteiger partial charge is 0.311 e. The van der Waals surface area contributed by atoms with Crippen LogP contribution in [-0.4, -0.2) is 11.1 Å². The Bertz CT molecular complexity index is 831. The summed E-state index contributed by atoms with van der Waals surface area (Å²) in [5, 5.41) is 11.1. The Morgan fingerprint density at radius 2 is 1.94 bits per heavy atom. The predicted octanol–water partition coefficient (Wildman–Crippen LogP) is 8.26. The van der Waals surface area contributed by atoms with Crippen molar-refractivity contribution in [1.29, 1.82) is 0 Å². The van der Waals surface area contributed by atoms with Crippen LogP contribution < -0.4 is 4.74 Å². The second-order valence-electron chi connectivity index (χ2n) is 10.6. The van der Waals surface area contributed by atoms with E-state index in [1.165, 1.54) is 5.57 Å². The largest absolute Gasteiger partial charge is 0.507 e. The number of phenolic OH excluding ortho intramolecular Hbond substituents is 1. The average Bonchev–Trinajstić information content (AvgIpc) is 2.67. The van der Waals surface area contributed by atoms with Crippen LogP contribution in [0.3, 0.4) is 0 Å². The number of esters is 1. The highest BCUT2D eigenvalue weighted by molar-refractivity contribution is 5.74. The van der Waals surface area contributed by atoms with Gasteiger partial charge in [0.25, 0.3) is 0 Å². The molecular weight excluding hydrogens is 396 g/mol. The number of hydrogen-bond donors (Lipinski definition) is 1. The number of carbonyl (C=O) groups excluding carboxylic acids is 1. The van der Waals surface area contributed by atoms with E-state index in [-0.39, 0.29) is 29.0 Å². The Hall–Kier alpha value is -2.03. The van der Waals surface area contributed by atoms with Gasteiger partial charge in [0.1, 0.15) is 11.5 Å². The number of unbranched alkanes of at least 4 members (excludes halogenated alkanes) is 2. The maximum atomic E-state index is 13.0. The third-order valence-corrected chi connectivity index (χ3v) is 6.74. The molecule has 1 aliphatic carbocycles. The molecule has 178 valence electrons. The SMILES string of the molecule is C=C(C)[C@@H]1CCC(C)=C[C@H]1c1c(O)cc(CCCCC)cc1OC(=O)CC(C)(C)CCC. The minimum absolute atomic E-state index is 0.0302. The van der Waals surface area contributed by atoms with Crippen molar-refractivity contribution in [3.05, 3.63) is 47.1 Å². The Morgan fingerprint density at radius 3 is 2.56 bits per heavy atom. The highest BCUT2D eigenvalue weighted by Gasteiger charge is 2.32. The lowest BCUT2D eigenvalue weighted by Gasteiger charge is -2.32. The number of carbonyl (C=O) groups is 1. The molecule has 1 aromatic carbocycles. The molecule has 3 nitrogen and oxygen atoms in total. The van der Waals surface area contributed by atoms with Crippen LogP contribution in [0, 0.1) is 11.3 Å². The Kier molecular flexibility index (Phi) is 9.61. The molecule has 0 radical (unpaired) electrons. The molecule has 0 heterocycles. The van der Waals surface area contributed by atoms with Crippen molar-refractivity contribution in [3.8, 4) is 11.5 Å². The van der Waals surface area contributed by atoms with E-state index in [2.05, 4.69) is 54.2 Å². The molecule has 0 amide bonds. The first kappa shape index (κ1) is 26.2. The standard InChI is InChI=1S/C29H44O3/c1-8-10-11-12-22-17-25(30)28(24-16-21(5)13-14-23(24)20(3)4)26(18-22)32-27(31)19-29(6,7)15-9-2/h16-18,23-24,30H,3,8-15,19H2,1-2,4-7H3/t23-,24+/m0/s1. The van der Waals surface area contributed by atoms with Crippen molar-refractivity contribution in [2.45, 2.75) is 105 Å². The molecule has 32 heavy (non-hydrogen) atoms. The molecule has 1 aromatic rings. The van der Waals surface area contributed by atoms with Crippen molar-refractivity contribution in [2.24, 2.45) is 11.3 Å². The van der Waals surface area contributed by atoms with Crippen LogP contribution in [0.2, 0.25) is 0 Å². The number of rotatable bonds is 11. The van der Waals surface area contributed by atoms with Crippen molar-refractivity contribution in [1.82, 2.24) is 0 Å². The number of phenols is 1. The summed E-state index contributed by atoms with van der Waals surface area (Å²) in [6.07, 6.45) is 10.8. The van der Waals surface area contributed by atoms with E-state index in [4.69, 9.17) is 4.74 Å². The Balaban J connectivity index is 2.46. The molecule has 3 heteroatoms. The number of allylic oxidation sites excluding steroid dienone is 3. The summed E-state index contributed by atoms with van der Waals surface area (Å²) < 4.78 is 6.01. The summed E-state index contributed by atoms with van der Waals surface area (Å²) in [7, 11) is 0. The molecule has 0 spiro atoms. The number of benzene rings is 1. The summed E-state index contributed by atoms with van der Waals surface area (Å²) in [4.78, 5) is 13.0. The van der Waals surface area contributed by atoms with Gasteiger partial charge >= 0.3 is 5.97 Å². The zero-order valence-corrected chi connectivity index (χ0v) is 21.2. The lowest BCUT2D eigenvalue weighted by atomic mass is 9.73. The summed E-state index contributed by atoms with van der Waals surface area (Å²) in [6, 6.07) is 3.86. The second-order valence-corrected chi connectivity index (χ2v) is 10.6. The lowest BCUT2D eigenvalue weighted by molar-refractivity contribution is -0.136. The van der Waals surface area contributed by atoms with Gasteiger partial charge in [-0.25, -0.2) is 0 Å². The quantitative estimate of drug-likeness (QED) is 0.163. The molecule has 1 N–H and O–H groups in total. The van der Waals surface area contributed by atoms with E-state index in [0.29, 0.717) is 12.2 Å². The molecule has 1 aliphatic rings. The third-order valence-electron chi connectivity index (χ3n) is 6.74. The van der Waals surface area contributed by atoms with E-state index in [1.54, 1.807) is 0 Å². The van der Waals surface area contributed by atoms with Gasteiger partial charge in [-0.15, -0.1) is 0 Å². The normalized spacial score (nSPS) is 18.9. The lowest BCUT2D eigenvalue weighted by Crippen LogP contribution is -2.22. The monoisotopic (exact) mass is 440 g/mol. The minimum Gasteiger partial charge on any atom is -0.507 e. The van der Waals surface area contributed by atoms with Gasteiger partial charge in [-0.05, 0) is 75.0 Å². The molecule has 0 fully saturated rings. The Labute approximate surface area is 196 Å². The summed E-state index contributed by atoms with van der Waals surface area (Å²) >= 11 is 0. The van der Waals surface area contributed by atoms with E-state index < -0.39 is 0 Å². The molecule has 0 saturated heterocycles. The van der Waals surface area contributed by atoms with Crippen LogP contribution in [0.4, 0.5) is 0 Å². The van der Waals surface area contributed by atoms with Gasteiger partial charge < -0.3 is 9.84 Å². The summed E-state index contributed by atoms with van der Waals surface area (Å²) in [5.41, 5.74) is 4.07.